The minimum Gasteiger partial charge on any atom is -0.481 e. The number of methoxy groups -OCH3 is 1. The summed E-state index contributed by atoms with van der Waals surface area (Å²) in [5.41, 5.74) is 7.26. The van der Waals surface area contributed by atoms with Crippen LogP contribution < -0.4 is 5.73 Å². The quantitative estimate of drug-likeness (QED) is 0.793. The maximum Gasteiger partial charge on any atom is 0.340 e. The molecule has 0 aliphatic carbocycles. The third-order valence-corrected chi connectivity index (χ3v) is 3.34. The SMILES string of the molecule is CCC(C)n1c(C)c(C(=O)OC)c(CC(=O)O)c1N. The Morgan fingerprint density at radius 2 is 2.05 bits per heavy atom. The predicted molar refractivity (Wildman–Crippen MR) is 71.3 cm³/mol. The third-order valence-electron chi connectivity index (χ3n) is 3.34. The second-order valence-corrected chi connectivity index (χ2v) is 4.51. The van der Waals surface area contributed by atoms with Crippen LogP contribution in [0.25, 0.3) is 0 Å². The summed E-state index contributed by atoms with van der Waals surface area (Å²) in [5.74, 6) is -1.25. The molecule has 3 N–H and O–H groups in total. The molecule has 0 spiro atoms. The molecule has 0 fully saturated rings. The van der Waals surface area contributed by atoms with Crippen molar-refractivity contribution in [3.05, 3.63) is 16.8 Å². The Kier molecular flexibility index (Phi) is 4.58. The molecule has 0 aromatic carbocycles. The molecular formula is C13H20N2O4. The number of carbonyl (C=O) groups excluding carboxylic acids is 1. The van der Waals surface area contributed by atoms with Crippen LogP contribution in [-0.2, 0) is 16.0 Å². The van der Waals surface area contributed by atoms with Crippen molar-refractivity contribution in [2.45, 2.75) is 39.7 Å². The molecule has 6 heteroatoms. The number of nitrogens with two attached hydrogens (primary N) is 1. The fraction of sp³-hybridized carbons (Fsp3) is 0.538. The number of hydrogen-bond acceptors (Lipinski definition) is 4. The second-order valence-electron chi connectivity index (χ2n) is 4.51. The van der Waals surface area contributed by atoms with Gasteiger partial charge < -0.3 is 20.1 Å². The summed E-state index contributed by atoms with van der Waals surface area (Å²) in [5, 5.41) is 8.95. The van der Waals surface area contributed by atoms with Gasteiger partial charge in [0.1, 0.15) is 5.82 Å². The van der Waals surface area contributed by atoms with Gasteiger partial charge in [-0.1, -0.05) is 6.92 Å². The van der Waals surface area contributed by atoms with Crippen LogP contribution in [0, 0.1) is 6.92 Å². The van der Waals surface area contributed by atoms with Crippen LogP contribution in [-0.4, -0.2) is 28.7 Å². The first-order chi connectivity index (χ1) is 8.84. The average Bonchev–Trinajstić information content (AvgIpc) is 2.59. The lowest BCUT2D eigenvalue weighted by atomic mass is 10.1. The van der Waals surface area contributed by atoms with Gasteiger partial charge in [0.05, 0.1) is 19.1 Å². The minimum absolute atomic E-state index is 0.0888. The Bertz CT molecular complexity index is 505. The summed E-state index contributed by atoms with van der Waals surface area (Å²) in [6.45, 7) is 5.72. The van der Waals surface area contributed by atoms with E-state index in [-0.39, 0.29) is 18.0 Å². The van der Waals surface area contributed by atoms with Crippen molar-refractivity contribution in [2.24, 2.45) is 0 Å². The lowest BCUT2D eigenvalue weighted by Gasteiger charge is -2.16. The standard InChI is InChI=1S/C13H20N2O4/c1-5-7(2)15-8(3)11(13(18)19-4)9(12(15)14)6-10(16)17/h7H,5-6,14H2,1-4H3,(H,16,17). The Hall–Kier alpha value is -1.98. The highest BCUT2D eigenvalue weighted by Crippen LogP contribution is 2.30. The molecule has 0 amide bonds. The number of anilines is 1. The molecule has 19 heavy (non-hydrogen) atoms. The molecule has 6 nitrogen and oxygen atoms in total. The number of nitrogen functional groups attached to an aromatic ring is 1. The third kappa shape index (κ3) is 2.72. The smallest absolute Gasteiger partial charge is 0.340 e. The van der Waals surface area contributed by atoms with Crippen LogP contribution in [0.1, 0.15) is 47.9 Å². The Morgan fingerprint density at radius 1 is 1.47 bits per heavy atom. The number of aliphatic carboxylic acids is 1. The fourth-order valence-electron chi connectivity index (χ4n) is 2.25. The first-order valence-electron chi connectivity index (χ1n) is 6.14. The Morgan fingerprint density at radius 3 is 2.47 bits per heavy atom. The van der Waals surface area contributed by atoms with Crippen molar-refractivity contribution >= 4 is 17.8 Å². The lowest BCUT2D eigenvalue weighted by Crippen LogP contribution is -2.10. The number of aromatic nitrogens is 1. The molecule has 1 atom stereocenters. The molecule has 1 heterocycles. The van der Waals surface area contributed by atoms with E-state index in [4.69, 9.17) is 15.6 Å². The van der Waals surface area contributed by atoms with Crippen LogP contribution in [0.3, 0.4) is 0 Å². The van der Waals surface area contributed by atoms with E-state index < -0.39 is 11.9 Å². The van der Waals surface area contributed by atoms with Crippen LogP contribution in [0.2, 0.25) is 0 Å². The van der Waals surface area contributed by atoms with Gasteiger partial charge >= 0.3 is 11.9 Å². The molecule has 0 aliphatic rings. The van der Waals surface area contributed by atoms with E-state index in [0.29, 0.717) is 17.1 Å². The number of esters is 1. The van der Waals surface area contributed by atoms with Crippen molar-refractivity contribution in [3.8, 4) is 0 Å². The number of carbonyl (C=O) groups is 2. The first kappa shape index (κ1) is 15.1. The van der Waals surface area contributed by atoms with Crippen molar-refractivity contribution in [1.29, 1.82) is 0 Å². The molecule has 1 aromatic heterocycles. The minimum atomic E-state index is -1.03. The van der Waals surface area contributed by atoms with Gasteiger partial charge in [-0.3, -0.25) is 4.79 Å². The van der Waals surface area contributed by atoms with E-state index in [1.54, 1.807) is 11.5 Å². The zero-order valence-corrected chi connectivity index (χ0v) is 11.7. The first-order valence-corrected chi connectivity index (χ1v) is 6.14. The number of hydrogen-bond donors (Lipinski definition) is 2. The highest BCUT2D eigenvalue weighted by Gasteiger charge is 2.27. The van der Waals surface area contributed by atoms with Crippen LogP contribution in [0.4, 0.5) is 5.82 Å². The number of ether oxygens (including phenoxy) is 1. The second kappa shape index (κ2) is 5.77. The summed E-state index contributed by atoms with van der Waals surface area (Å²) in [6, 6.07) is 0.0888. The van der Waals surface area contributed by atoms with E-state index >= 15 is 0 Å². The molecule has 0 saturated carbocycles. The summed E-state index contributed by atoms with van der Waals surface area (Å²) < 4.78 is 6.52. The Labute approximate surface area is 112 Å². The van der Waals surface area contributed by atoms with Gasteiger partial charge in [0.2, 0.25) is 0 Å². The van der Waals surface area contributed by atoms with Crippen molar-refractivity contribution in [1.82, 2.24) is 4.57 Å². The maximum atomic E-state index is 11.8. The molecule has 0 radical (unpaired) electrons. The average molecular weight is 268 g/mol. The molecular weight excluding hydrogens is 248 g/mol. The number of nitrogens with zero attached hydrogens (tertiary/aromatic N) is 1. The molecule has 0 saturated heterocycles. The zero-order chi connectivity index (χ0) is 14.7. The largest absolute Gasteiger partial charge is 0.481 e. The van der Waals surface area contributed by atoms with Crippen LogP contribution in [0.15, 0.2) is 0 Å². The topological polar surface area (TPSA) is 94.5 Å². The summed E-state index contributed by atoms with van der Waals surface area (Å²) >= 11 is 0. The molecule has 106 valence electrons. The predicted octanol–water partition coefficient (Wildman–Crippen LogP) is 1.76. The van der Waals surface area contributed by atoms with Gasteiger partial charge in [0, 0.05) is 17.3 Å². The Balaban J connectivity index is 3.50. The van der Waals surface area contributed by atoms with E-state index in [1.165, 1.54) is 7.11 Å². The van der Waals surface area contributed by atoms with Gasteiger partial charge in [-0.2, -0.15) is 0 Å². The summed E-state index contributed by atoms with van der Waals surface area (Å²) in [6.07, 6.45) is 0.535. The maximum absolute atomic E-state index is 11.8. The van der Waals surface area contributed by atoms with Crippen LogP contribution in [0.5, 0.6) is 0 Å². The number of rotatable bonds is 5. The lowest BCUT2D eigenvalue weighted by molar-refractivity contribution is -0.136. The van der Waals surface area contributed by atoms with E-state index in [9.17, 15) is 9.59 Å². The van der Waals surface area contributed by atoms with E-state index in [0.717, 1.165) is 6.42 Å². The van der Waals surface area contributed by atoms with Crippen LogP contribution >= 0.6 is 0 Å². The molecule has 1 unspecified atom stereocenters. The van der Waals surface area contributed by atoms with Gasteiger partial charge in [-0.15, -0.1) is 0 Å². The summed E-state index contributed by atoms with van der Waals surface area (Å²) in [4.78, 5) is 22.8. The summed E-state index contributed by atoms with van der Waals surface area (Å²) in [7, 11) is 1.27. The fourth-order valence-corrected chi connectivity index (χ4v) is 2.25. The van der Waals surface area contributed by atoms with Gasteiger partial charge in [0.25, 0.3) is 0 Å². The van der Waals surface area contributed by atoms with E-state index in [2.05, 4.69) is 0 Å². The monoisotopic (exact) mass is 268 g/mol. The highest BCUT2D eigenvalue weighted by molar-refractivity contribution is 5.96. The number of carboxylic acids is 1. The number of carboxylic acid groups (broad SMARTS) is 1. The van der Waals surface area contributed by atoms with Crippen molar-refractivity contribution in [2.75, 3.05) is 12.8 Å². The van der Waals surface area contributed by atoms with Crippen molar-refractivity contribution < 1.29 is 19.4 Å². The highest BCUT2D eigenvalue weighted by atomic mass is 16.5. The van der Waals surface area contributed by atoms with E-state index in [1.807, 2.05) is 13.8 Å². The molecule has 1 rings (SSSR count). The van der Waals surface area contributed by atoms with Gasteiger partial charge in [-0.25, -0.2) is 4.79 Å². The van der Waals surface area contributed by atoms with Gasteiger partial charge in [0.15, 0.2) is 0 Å². The zero-order valence-electron chi connectivity index (χ0n) is 11.7. The normalized spacial score (nSPS) is 12.2. The van der Waals surface area contributed by atoms with Crippen molar-refractivity contribution in [3.63, 3.8) is 0 Å². The van der Waals surface area contributed by atoms with Gasteiger partial charge in [-0.05, 0) is 20.3 Å². The molecule has 0 bridgehead atoms. The molecule has 1 aromatic rings. The molecule has 0 aliphatic heterocycles.